The number of fused-ring (bicyclic) bond motifs is 12. The maximum Gasteiger partial charge on any atom is 0.307 e. The smallest absolute Gasteiger partial charge is 0.307 e. The van der Waals surface area contributed by atoms with E-state index < -0.39 is 29.8 Å². The molecule has 7 nitrogen and oxygen atoms in total. The number of ether oxygens (including phenoxy) is 2. The van der Waals surface area contributed by atoms with E-state index in [0.717, 1.165) is 23.1 Å². The largest absolute Gasteiger partial charge is 0.494 e. The third-order valence-corrected chi connectivity index (χ3v) is 8.80. The highest BCUT2D eigenvalue weighted by molar-refractivity contribution is 6.02. The molecule has 2 heterocycles. The maximum atomic E-state index is 14.1. The molecule has 2 aliphatic heterocycles. The number of nitrogens with one attached hydrogen (secondary N) is 1. The summed E-state index contributed by atoms with van der Waals surface area (Å²) in [5.41, 5.74) is 4.65. The zero-order valence-corrected chi connectivity index (χ0v) is 26.9. The Bertz CT molecular complexity index is 1600. The summed E-state index contributed by atoms with van der Waals surface area (Å²) in [6.45, 7) is 2.90. The maximum absolute atomic E-state index is 14.1. The Labute approximate surface area is 276 Å². The van der Waals surface area contributed by atoms with Gasteiger partial charge in [0.2, 0.25) is 5.91 Å². The van der Waals surface area contributed by atoms with Crippen LogP contribution in [0, 0.1) is 18.8 Å². The number of carboxylic acids is 1. The Morgan fingerprint density at radius 2 is 1.60 bits per heavy atom. The van der Waals surface area contributed by atoms with Gasteiger partial charge in [0.25, 0.3) is 0 Å². The van der Waals surface area contributed by atoms with E-state index in [0.29, 0.717) is 62.4 Å². The minimum atomic E-state index is -0.994. The Balaban J connectivity index is 1.36. The number of hydrogen-bond acceptors (Lipinski definition) is 5. The number of rotatable bonds is 10. The number of aryl methyl sites for hydroxylation is 2. The van der Waals surface area contributed by atoms with Crippen molar-refractivity contribution in [3.63, 3.8) is 0 Å². The van der Waals surface area contributed by atoms with Gasteiger partial charge in [-0.3, -0.25) is 14.4 Å². The van der Waals surface area contributed by atoms with E-state index in [2.05, 4.69) is 29.6 Å². The molecule has 47 heavy (non-hydrogen) atoms. The molecule has 2 N–H and O–H groups in total. The van der Waals surface area contributed by atoms with Crippen molar-refractivity contribution < 1.29 is 29.0 Å². The van der Waals surface area contributed by atoms with Crippen molar-refractivity contribution in [3.05, 3.63) is 131 Å². The molecule has 0 spiro atoms. The third kappa shape index (κ3) is 9.79. The zero-order valence-electron chi connectivity index (χ0n) is 26.9. The van der Waals surface area contributed by atoms with Gasteiger partial charge in [0, 0.05) is 12.0 Å². The number of Topliss-reactive ketones (excluding diaryl/α,β-unsaturated/α-hetero) is 1. The highest BCUT2D eigenvalue weighted by Crippen LogP contribution is 2.27. The fourth-order valence-electron chi connectivity index (χ4n) is 6.05. The predicted octanol–water partition coefficient (Wildman–Crippen LogP) is 7.39. The van der Waals surface area contributed by atoms with Crippen LogP contribution < -0.4 is 14.8 Å². The molecule has 2 aliphatic rings. The number of carbonyl (C=O) groups is 3. The van der Waals surface area contributed by atoms with E-state index in [1.165, 1.54) is 5.56 Å². The second-order valence-corrected chi connectivity index (χ2v) is 12.3. The summed E-state index contributed by atoms with van der Waals surface area (Å²) in [5.74, 6) is -1.95. The third-order valence-electron chi connectivity index (χ3n) is 8.80. The van der Waals surface area contributed by atoms with Gasteiger partial charge in [0.1, 0.15) is 18.1 Å². The van der Waals surface area contributed by atoms with Crippen molar-refractivity contribution >= 4 is 17.7 Å². The number of hydrogen-bond donors (Lipinski definition) is 2. The van der Waals surface area contributed by atoms with Crippen LogP contribution in [0.1, 0.15) is 64.7 Å². The molecule has 1 amide bonds. The Kier molecular flexibility index (Phi) is 11.8. The quantitative estimate of drug-likeness (QED) is 0.177. The van der Waals surface area contributed by atoms with E-state index in [9.17, 15) is 19.5 Å². The second-order valence-electron chi connectivity index (χ2n) is 12.3. The number of carboxylic acid groups (broad SMARTS) is 1. The lowest BCUT2D eigenvalue weighted by Gasteiger charge is -2.26. The summed E-state index contributed by atoms with van der Waals surface area (Å²) in [7, 11) is 0. The van der Waals surface area contributed by atoms with E-state index in [1.807, 2.05) is 61.5 Å². The van der Waals surface area contributed by atoms with E-state index >= 15 is 0 Å². The Morgan fingerprint density at radius 3 is 2.30 bits per heavy atom. The molecule has 244 valence electrons. The van der Waals surface area contributed by atoms with Crippen molar-refractivity contribution in [1.82, 2.24) is 5.32 Å². The number of aliphatic carboxylic acids is 1. The molecular weight excluding hydrogens is 590 g/mol. The first-order chi connectivity index (χ1) is 22.9. The second kappa shape index (κ2) is 16.6. The summed E-state index contributed by atoms with van der Waals surface area (Å²) in [6.07, 6.45) is 3.67. The minimum absolute atomic E-state index is 0.247. The van der Waals surface area contributed by atoms with Crippen molar-refractivity contribution in [2.75, 3.05) is 6.61 Å². The van der Waals surface area contributed by atoms with Crippen LogP contribution in [0.2, 0.25) is 0 Å². The Hall–Kier alpha value is -4.91. The van der Waals surface area contributed by atoms with Crippen LogP contribution in [0.15, 0.2) is 103 Å². The van der Waals surface area contributed by atoms with Gasteiger partial charge >= 0.3 is 5.97 Å². The first kappa shape index (κ1) is 33.5. The normalized spacial score (nSPS) is 18.7. The van der Waals surface area contributed by atoms with Gasteiger partial charge in [-0.2, -0.15) is 0 Å². The van der Waals surface area contributed by atoms with Crippen LogP contribution in [-0.4, -0.2) is 35.4 Å². The standard InChI is InChI=1S/C40H43NO6/c1-28-13-15-29(16-14-28)10-7-12-35-36(40(44)45)11-5-6-25-46-33-21-17-30(18-22-33)26-37(41-39(35)43)38(42)32-19-23-34(24-20-32)47-27-31-8-3-2-4-9-31/h2-4,8-9,13-24,35-37H,5-7,10-12,25-27H2,1H3,(H,41,43)(H,44,45)/t35?,36?,37-/m0/s1. The molecule has 7 heteroatoms. The lowest BCUT2D eigenvalue weighted by Crippen LogP contribution is -2.47. The molecule has 4 aromatic carbocycles. The van der Waals surface area contributed by atoms with Gasteiger partial charge in [0.05, 0.1) is 24.5 Å². The summed E-state index contributed by atoms with van der Waals surface area (Å²) < 4.78 is 11.8. The molecule has 0 saturated heterocycles. The van der Waals surface area contributed by atoms with Crippen LogP contribution in [0.5, 0.6) is 11.5 Å². The van der Waals surface area contributed by atoms with E-state index in [1.54, 1.807) is 24.3 Å². The van der Waals surface area contributed by atoms with Crippen LogP contribution in [0.25, 0.3) is 0 Å². The Morgan fingerprint density at radius 1 is 0.872 bits per heavy atom. The minimum Gasteiger partial charge on any atom is -0.494 e. The van der Waals surface area contributed by atoms with Gasteiger partial charge in [-0.15, -0.1) is 0 Å². The topological polar surface area (TPSA) is 102 Å². The van der Waals surface area contributed by atoms with E-state index in [-0.39, 0.29) is 12.2 Å². The van der Waals surface area contributed by atoms with Crippen LogP contribution in [-0.2, 0) is 29.0 Å². The van der Waals surface area contributed by atoms with Gasteiger partial charge in [-0.25, -0.2) is 0 Å². The fourth-order valence-corrected chi connectivity index (χ4v) is 6.05. The van der Waals surface area contributed by atoms with E-state index in [4.69, 9.17) is 9.47 Å². The monoisotopic (exact) mass is 633 g/mol. The zero-order chi connectivity index (χ0) is 33.0. The van der Waals surface area contributed by atoms with Crippen molar-refractivity contribution in [2.24, 2.45) is 11.8 Å². The number of ketones is 1. The summed E-state index contributed by atoms with van der Waals surface area (Å²) in [5, 5.41) is 13.3. The highest BCUT2D eigenvalue weighted by atomic mass is 16.5. The van der Waals surface area contributed by atoms with Crippen LogP contribution in [0.4, 0.5) is 0 Å². The first-order valence-electron chi connectivity index (χ1n) is 16.5. The van der Waals surface area contributed by atoms with Gasteiger partial charge in [0.15, 0.2) is 5.78 Å². The van der Waals surface area contributed by atoms with Gasteiger partial charge in [-0.05, 0) is 98.5 Å². The molecular formula is C40H43NO6. The molecule has 3 atom stereocenters. The van der Waals surface area contributed by atoms with Crippen LogP contribution in [0.3, 0.4) is 0 Å². The fraction of sp³-hybridized carbons (Fsp3) is 0.325. The summed E-state index contributed by atoms with van der Waals surface area (Å²) >= 11 is 0. The first-order valence-corrected chi connectivity index (χ1v) is 16.5. The molecule has 6 rings (SSSR count). The van der Waals surface area contributed by atoms with Crippen molar-refractivity contribution in [1.29, 1.82) is 0 Å². The molecule has 0 aromatic heterocycles. The summed E-state index contributed by atoms with van der Waals surface area (Å²) in [6, 6.07) is 31.7. The van der Waals surface area contributed by atoms with Gasteiger partial charge in [-0.1, -0.05) is 72.3 Å². The summed E-state index contributed by atoms with van der Waals surface area (Å²) in [4.78, 5) is 40.6. The van der Waals surface area contributed by atoms with Gasteiger partial charge < -0.3 is 19.9 Å². The van der Waals surface area contributed by atoms with Crippen LogP contribution >= 0.6 is 0 Å². The SMILES string of the molecule is Cc1ccc(CCCC2C(=O)N[C@H](C(=O)c3ccc(OCc4ccccc4)cc3)Cc3ccc(cc3)OCCCCC2C(=O)O)cc1. The number of amides is 1. The lowest BCUT2D eigenvalue weighted by molar-refractivity contribution is -0.148. The molecule has 0 radical (unpaired) electrons. The molecule has 4 aromatic rings. The average Bonchev–Trinajstić information content (AvgIpc) is 3.09. The van der Waals surface area contributed by atoms with Crippen molar-refractivity contribution in [3.8, 4) is 11.5 Å². The molecule has 2 bridgehead atoms. The highest BCUT2D eigenvalue weighted by Gasteiger charge is 2.35. The lowest BCUT2D eigenvalue weighted by atomic mass is 9.82. The molecule has 0 fully saturated rings. The average molecular weight is 634 g/mol. The van der Waals surface area contributed by atoms with Crippen molar-refractivity contribution in [2.45, 2.75) is 64.5 Å². The molecule has 0 saturated carbocycles. The number of benzene rings is 4. The predicted molar refractivity (Wildman–Crippen MR) is 182 cm³/mol. The molecule has 0 aliphatic carbocycles. The molecule has 2 unspecified atom stereocenters. The number of carbonyl (C=O) groups excluding carboxylic acids is 2.